The van der Waals surface area contributed by atoms with Gasteiger partial charge in [-0.1, -0.05) is 57.9 Å². The third-order valence-electron chi connectivity index (χ3n) is 5.88. The molecule has 132 valence electrons. The molecule has 3 rings (SSSR count). The zero-order valence-electron chi connectivity index (χ0n) is 15.5. The fourth-order valence-corrected chi connectivity index (χ4v) is 4.45. The molecular formula is C21H32N2O. The van der Waals surface area contributed by atoms with E-state index >= 15 is 0 Å². The van der Waals surface area contributed by atoms with Gasteiger partial charge < -0.3 is 10.2 Å². The van der Waals surface area contributed by atoms with Crippen molar-refractivity contribution in [3.05, 3.63) is 35.4 Å². The average molecular weight is 329 g/mol. The van der Waals surface area contributed by atoms with Crippen LogP contribution in [0.15, 0.2) is 24.3 Å². The first kappa shape index (κ1) is 17.5. The van der Waals surface area contributed by atoms with E-state index in [-0.39, 0.29) is 5.91 Å². The van der Waals surface area contributed by atoms with Crippen molar-refractivity contribution < 1.29 is 4.79 Å². The van der Waals surface area contributed by atoms with E-state index < -0.39 is 0 Å². The Morgan fingerprint density at radius 3 is 2.62 bits per heavy atom. The number of carbonyl (C=O) groups is 1. The van der Waals surface area contributed by atoms with Gasteiger partial charge in [0.15, 0.2) is 0 Å². The van der Waals surface area contributed by atoms with E-state index in [1.54, 1.807) is 0 Å². The van der Waals surface area contributed by atoms with E-state index in [0.717, 1.165) is 19.5 Å². The first-order valence-corrected chi connectivity index (χ1v) is 9.53. The molecule has 1 aromatic carbocycles. The third kappa shape index (κ3) is 4.00. The maximum Gasteiger partial charge on any atom is 0.236 e. The molecule has 0 aromatic heterocycles. The van der Waals surface area contributed by atoms with Crippen LogP contribution >= 0.6 is 0 Å². The van der Waals surface area contributed by atoms with Gasteiger partial charge in [-0.15, -0.1) is 0 Å². The van der Waals surface area contributed by atoms with Crippen LogP contribution < -0.4 is 5.32 Å². The minimum atomic E-state index is 0.253. The van der Waals surface area contributed by atoms with Gasteiger partial charge in [0.05, 0.1) is 6.54 Å². The maximum absolute atomic E-state index is 12.7. The highest BCUT2D eigenvalue weighted by molar-refractivity contribution is 5.78. The summed E-state index contributed by atoms with van der Waals surface area (Å²) in [6.45, 7) is 9.11. The molecule has 1 aromatic rings. The van der Waals surface area contributed by atoms with E-state index in [4.69, 9.17) is 0 Å². The summed E-state index contributed by atoms with van der Waals surface area (Å²) in [7, 11) is 0. The predicted octanol–water partition coefficient (Wildman–Crippen LogP) is 3.77. The van der Waals surface area contributed by atoms with Crippen molar-refractivity contribution >= 4 is 5.91 Å². The molecule has 0 radical (unpaired) electrons. The normalized spacial score (nSPS) is 24.5. The highest BCUT2D eigenvalue weighted by Crippen LogP contribution is 2.37. The van der Waals surface area contributed by atoms with E-state index in [0.29, 0.717) is 23.9 Å². The van der Waals surface area contributed by atoms with Gasteiger partial charge in [0.25, 0.3) is 0 Å². The molecule has 1 heterocycles. The first-order valence-electron chi connectivity index (χ1n) is 9.53. The Labute approximate surface area is 146 Å². The van der Waals surface area contributed by atoms with Gasteiger partial charge >= 0.3 is 0 Å². The summed E-state index contributed by atoms with van der Waals surface area (Å²) in [6.07, 6.45) is 6.09. The number of hydrogen-bond acceptors (Lipinski definition) is 2. The summed E-state index contributed by atoms with van der Waals surface area (Å²) >= 11 is 0. The predicted molar refractivity (Wildman–Crippen MR) is 98.8 cm³/mol. The second-order valence-corrected chi connectivity index (χ2v) is 8.58. The largest absolute Gasteiger partial charge is 0.337 e. The lowest BCUT2D eigenvalue weighted by atomic mass is 9.69. The zero-order valence-corrected chi connectivity index (χ0v) is 15.5. The number of nitrogens with one attached hydrogen (secondary N) is 1. The zero-order chi connectivity index (χ0) is 17.2. The first-order chi connectivity index (χ1) is 11.4. The second-order valence-electron chi connectivity index (χ2n) is 8.58. The lowest BCUT2D eigenvalue weighted by Gasteiger charge is -2.41. The molecule has 3 nitrogen and oxygen atoms in total. The van der Waals surface area contributed by atoms with Crippen LogP contribution in [0.3, 0.4) is 0 Å². The van der Waals surface area contributed by atoms with Crippen LogP contribution in [0.2, 0.25) is 0 Å². The molecular weight excluding hydrogens is 296 g/mol. The molecule has 2 aliphatic rings. The summed E-state index contributed by atoms with van der Waals surface area (Å²) in [6, 6.07) is 8.98. The molecule has 2 atom stereocenters. The van der Waals surface area contributed by atoms with Crippen molar-refractivity contribution in [2.45, 2.75) is 65.5 Å². The number of rotatable bonds is 3. The number of benzene rings is 1. The highest BCUT2D eigenvalue weighted by atomic mass is 16.2. The van der Waals surface area contributed by atoms with Crippen molar-refractivity contribution in [3.63, 3.8) is 0 Å². The molecule has 1 saturated carbocycles. The molecule has 0 bridgehead atoms. The van der Waals surface area contributed by atoms with Crippen molar-refractivity contribution in [2.75, 3.05) is 13.1 Å². The molecule has 1 aliphatic heterocycles. The third-order valence-corrected chi connectivity index (χ3v) is 5.88. The van der Waals surface area contributed by atoms with E-state index in [1.165, 1.54) is 36.8 Å². The van der Waals surface area contributed by atoms with E-state index in [1.807, 2.05) is 4.90 Å². The Hall–Kier alpha value is -1.35. The van der Waals surface area contributed by atoms with Crippen LogP contribution in [0, 0.1) is 11.3 Å². The molecule has 1 N–H and O–H groups in total. The fourth-order valence-electron chi connectivity index (χ4n) is 4.45. The standard InChI is InChI=1S/C21H32N2O/c1-21(2,3)18-10-6-7-11-19(18)22-14-20(24)23-13-12-16-8-4-5-9-17(16)15-23/h4-5,8-9,18-19,22H,6-7,10-15H2,1-3H3. The topological polar surface area (TPSA) is 32.3 Å². The van der Waals surface area contributed by atoms with Crippen LogP contribution in [-0.4, -0.2) is 29.9 Å². The number of carbonyl (C=O) groups excluding carboxylic acids is 1. The van der Waals surface area contributed by atoms with E-state index in [2.05, 4.69) is 50.4 Å². The number of nitrogens with zero attached hydrogens (tertiary/aromatic N) is 1. The summed E-state index contributed by atoms with van der Waals surface area (Å²) in [5.74, 6) is 0.920. The quantitative estimate of drug-likeness (QED) is 0.916. The van der Waals surface area contributed by atoms with Crippen LogP contribution in [0.25, 0.3) is 0 Å². The van der Waals surface area contributed by atoms with Gasteiger partial charge in [0.1, 0.15) is 0 Å². The Kier molecular flexibility index (Phi) is 5.29. The number of hydrogen-bond donors (Lipinski definition) is 1. The van der Waals surface area contributed by atoms with Gasteiger partial charge in [-0.25, -0.2) is 0 Å². The SMILES string of the molecule is CC(C)(C)C1CCCCC1NCC(=O)N1CCc2ccccc2C1. The summed E-state index contributed by atoms with van der Waals surface area (Å²) < 4.78 is 0. The van der Waals surface area contributed by atoms with Gasteiger partial charge in [0.2, 0.25) is 5.91 Å². The fraction of sp³-hybridized carbons (Fsp3) is 0.667. The minimum absolute atomic E-state index is 0.253. The second kappa shape index (κ2) is 7.26. The van der Waals surface area contributed by atoms with E-state index in [9.17, 15) is 4.79 Å². The van der Waals surface area contributed by atoms with Gasteiger partial charge in [0, 0.05) is 19.1 Å². The van der Waals surface area contributed by atoms with Gasteiger partial charge in [-0.05, 0) is 41.7 Å². The minimum Gasteiger partial charge on any atom is -0.337 e. The lowest BCUT2D eigenvalue weighted by molar-refractivity contribution is -0.131. The van der Waals surface area contributed by atoms with Crippen LogP contribution in [0.4, 0.5) is 0 Å². The summed E-state index contributed by atoms with van der Waals surface area (Å²) in [4.78, 5) is 14.7. The Balaban J connectivity index is 1.56. The van der Waals surface area contributed by atoms with Crippen molar-refractivity contribution in [1.29, 1.82) is 0 Å². The van der Waals surface area contributed by atoms with Crippen molar-refractivity contribution in [1.82, 2.24) is 10.2 Å². The smallest absolute Gasteiger partial charge is 0.236 e. The van der Waals surface area contributed by atoms with Crippen molar-refractivity contribution in [3.8, 4) is 0 Å². The lowest BCUT2D eigenvalue weighted by Crippen LogP contribution is -2.49. The molecule has 1 fully saturated rings. The number of fused-ring (bicyclic) bond motifs is 1. The Morgan fingerprint density at radius 2 is 1.88 bits per heavy atom. The molecule has 2 unspecified atom stereocenters. The van der Waals surface area contributed by atoms with Gasteiger partial charge in [-0.3, -0.25) is 4.79 Å². The Morgan fingerprint density at radius 1 is 1.17 bits per heavy atom. The maximum atomic E-state index is 12.7. The molecule has 1 amide bonds. The molecule has 1 aliphatic carbocycles. The van der Waals surface area contributed by atoms with Crippen LogP contribution in [0.5, 0.6) is 0 Å². The monoisotopic (exact) mass is 328 g/mol. The molecule has 0 saturated heterocycles. The number of amides is 1. The average Bonchev–Trinajstić information content (AvgIpc) is 2.58. The van der Waals surface area contributed by atoms with Crippen LogP contribution in [-0.2, 0) is 17.8 Å². The molecule has 24 heavy (non-hydrogen) atoms. The summed E-state index contributed by atoms with van der Waals surface area (Å²) in [5, 5.41) is 3.61. The van der Waals surface area contributed by atoms with Crippen molar-refractivity contribution in [2.24, 2.45) is 11.3 Å². The Bertz CT molecular complexity index is 575. The summed E-state index contributed by atoms with van der Waals surface area (Å²) in [5.41, 5.74) is 3.02. The van der Waals surface area contributed by atoms with Crippen LogP contribution in [0.1, 0.15) is 57.6 Å². The molecule has 3 heteroatoms. The van der Waals surface area contributed by atoms with Gasteiger partial charge in [-0.2, -0.15) is 0 Å². The highest BCUT2D eigenvalue weighted by Gasteiger charge is 2.34. The molecule has 0 spiro atoms.